The van der Waals surface area contributed by atoms with Gasteiger partial charge in [0.1, 0.15) is 0 Å². The second kappa shape index (κ2) is 7.45. The molecule has 0 spiro atoms. The minimum atomic E-state index is -3.85. The summed E-state index contributed by atoms with van der Waals surface area (Å²) in [6, 6.07) is 13.6. The smallest absolute Gasteiger partial charge is 0.339 e. The van der Waals surface area contributed by atoms with Crippen LogP contribution in [0.2, 0.25) is 0 Å². The molecule has 2 N–H and O–H groups in total. The first-order valence-corrected chi connectivity index (χ1v) is 8.84. The topological polar surface area (TPSA) is 107 Å². The average molecular weight is 362 g/mol. The number of primary sulfonamides is 1. The molecule has 0 aliphatic rings. The van der Waals surface area contributed by atoms with Crippen LogP contribution in [0, 0.1) is 0 Å². The number of rotatable bonds is 5. The van der Waals surface area contributed by atoms with Crippen LogP contribution in [0.1, 0.15) is 22.0 Å². The Bertz CT molecular complexity index is 862. The summed E-state index contributed by atoms with van der Waals surface area (Å²) in [5.74, 6) is -1.13. The first kappa shape index (κ1) is 18.6. The van der Waals surface area contributed by atoms with Gasteiger partial charge in [-0.25, -0.2) is 18.4 Å². The SMILES string of the molecule is CN(C)C(=O)C(OC(=O)c1ccc(S(N)(=O)=O)cc1)c1ccccc1. The molecule has 2 aromatic carbocycles. The number of sulfonamides is 1. The van der Waals surface area contributed by atoms with E-state index in [4.69, 9.17) is 9.88 Å². The van der Waals surface area contributed by atoms with Crippen molar-refractivity contribution in [1.82, 2.24) is 4.90 Å². The molecule has 0 fully saturated rings. The fraction of sp³-hybridized carbons (Fsp3) is 0.176. The molecule has 0 heterocycles. The number of carbonyl (C=O) groups is 2. The molecule has 0 aliphatic carbocycles. The molecule has 2 aromatic rings. The molecule has 25 heavy (non-hydrogen) atoms. The number of benzene rings is 2. The van der Waals surface area contributed by atoms with Gasteiger partial charge in [0.25, 0.3) is 5.91 Å². The van der Waals surface area contributed by atoms with Crippen molar-refractivity contribution in [2.75, 3.05) is 14.1 Å². The van der Waals surface area contributed by atoms with Crippen LogP contribution in [0.25, 0.3) is 0 Å². The molecule has 1 amide bonds. The van der Waals surface area contributed by atoms with Gasteiger partial charge >= 0.3 is 5.97 Å². The fourth-order valence-electron chi connectivity index (χ4n) is 2.08. The minimum Gasteiger partial charge on any atom is -0.444 e. The quantitative estimate of drug-likeness (QED) is 0.807. The molecular weight excluding hydrogens is 344 g/mol. The first-order chi connectivity index (χ1) is 11.7. The molecular formula is C17H18N2O5S. The summed E-state index contributed by atoms with van der Waals surface area (Å²) in [7, 11) is -0.724. The molecule has 2 rings (SSSR count). The third kappa shape index (κ3) is 4.65. The molecule has 0 aromatic heterocycles. The Kier molecular flexibility index (Phi) is 5.55. The van der Waals surface area contributed by atoms with Crippen LogP contribution in [-0.2, 0) is 19.6 Å². The Morgan fingerprint density at radius 1 is 1.00 bits per heavy atom. The van der Waals surface area contributed by atoms with Crippen molar-refractivity contribution < 1.29 is 22.7 Å². The van der Waals surface area contributed by atoms with E-state index in [1.807, 2.05) is 0 Å². The van der Waals surface area contributed by atoms with E-state index in [1.165, 1.54) is 29.2 Å². The highest BCUT2D eigenvalue weighted by atomic mass is 32.2. The monoisotopic (exact) mass is 362 g/mol. The van der Waals surface area contributed by atoms with Gasteiger partial charge in [-0.05, 0) is 24.3 Å². The van der Waals surface area contributed by atoms with Crippen LogP contribution in [0.5, 0.6) is 0 Å². The lowest BCUT2D eigenvalue weighted by Gasteiger charge is -2.21. The summed E-state index contributed by atoms with van der Waals surface area (Å²) in [5, 5.41) is 5.02. The van der Waals surface area contributed by atoms with E-state index < -0.39 is 22.1 Å². The van der Waals surface area contributed by atoms with Crippen LogP contribution in [0.15, 0.2) is 59.5 Å². The van der Waals surface area contributed by atoms with Gasteiger partial charge < -0.3 is 9.64 Å². The third-order valence-electron chi connectivity index (χ3n) is 3.41. The largest absolute Gasteiger partial charge is 0.444 e. The third-order valence-corrected chi connectivity index (χ3v) is 4.34. The number of esters is 1. The zero-order valence-corrected chi connectivity index (χ0v) is 14.6. The van der Waals surface area contributed by atoms with Gasteiger partial charge in [-0.1, -0.05) is 30.3 Å². The number of carbonyl (C=O) groups excluding carboxylic acids is 2. The Morgan fingerprint density at radius 3 is 2.04 bits per heavy atom. The Hall–Kier alpha value is -2.71. The molecule has 0 bridgehead atoms. The van der Waals surface area contributed by atoms with Gasteiger partial charge in [0.2, 0.25) is 16.1 Å². The average Bonchev–Trinajstić information content (AvgIpc) is 2.59. The Morgan fingerprint density at radius 2 is 1.56 bits per heavy atom. The maximum absolute atomic E-state index is 12.3. The van der Waals surface area contributed by atoms with Gasteiger partial charge in [0.15, 0.2) is 0 Å². The number of nitrogens with two attached hydrogens (primary N) is 1. The molecule has 0 saturated carbocycles. The number of likely N-dealkylation sites (N-methyl/N-ethyl adjacent to an activating group) is 1. The Labute approximate surface area is 146 Å². The van der Waals surface area contributed by atoms with Crippen molar-refractivity contribution in [3.05, 3.63) is 65.7 Å². The van der Waals surface area contributed by atoms with E-state index in [0.29, 0.717) is 5.56 Å². The zero-order chi connectivity index (χ0) is 18.6. The predicted octanol–water partition coefficient (Wildman–Crippen LogP) is 1.32. The molecule has 132 valence electrons. The highest BCUT2D eigenvalue weighted by Gasteiger charge is 2.27. The van der Waals surface area contributed by atoms with Crippen LogP contribution in [-0.4, -0.2) is 39.3 Å². The molecule has 0 aliphatic heterocycles. The van der Waals surface area contributed by atoms with Crippen LogP contribution in [0.3, 0.4) is 0 Å². The number of amides is 1. The highest BCUT2D eigenvalue weighted by molar-refractivity contribution is 7.89. The van der Waals surface area contributed by atoms with Gasteiger partial charge in [-0.3, -0.25) is 4.79 Å². The number of ether oxygens (including phenoxy) is 1. The van der Waals surface area contributed by atoms with E-state index >= 15 is 0 Å². The van der Waals surface area contributed by atoms with Crippen molar-refractivity contribution in [3.8, 4) is 0 Å². The molecule has 7 nitrogen and oxygen atoms in total. The van der Waals surface area contributed by atoms with Gasteiger partial charge in [-0.2, -0.15) is 0 Å². The van der Waals surface area contributed by atoms with Crippen LogP contribution >= 0.6 is 0 Å². The van der Waals surface area contributed by atoms with Crippen molar-refractivity contribution in [1.29, 1.82) is 0 Å². The molecule has 0 radical (unpaired) electrons. The van der Waals surface area contributed by atoms with E-state index in [9.17, 15) is 18.0 Å². The van der Waals surface area contributed by atoms with Crippen LogP contribution < -0.4 is 5.14 Å². The molecule has 1 unspecified atom stereocenters. The summed E-state index contributed by atoms with van der Waals surface area (Å²) in [5.41, 5.74) is 0.649. The number of hydrogen-bond donors (Lipinski definition) is 1. The first-order valence-electron chi connectivity index (χ1n) is 7.30. The fourth-order valence-corrected chi connectivity index (χ4v) is 2.59. The van der Waals surface area contributed by atoms with Gasteiger partial charge in [-0.15, -0.1) is 0 Å². The second-order valence-electron chi connectivity index (χ2n) is 5.50. The van der Waals surface area contributed by atoms with Gasteiger partial charge in [0, 0.05) is 19.7 Å². The summed E-state index contributed by atoms with van der Waals surface area (Å²) < 4.78 is 27.9. The van der Waals surface area contributed by atoms with E-state index in [1.54, 1.807) is 44.4 Å². The normalized spacial score (nSPS) is 12.3. The lowest BCUT2D eigenvalue weighted by molar-refractivity contribution is -0.138. The lowest BCUT2D eigenvalue weighted by Crippen LogP contribution is -2.31. The predicted molar refractivity (Wildman–Crippen MR) is 91.1 cm³/mol. The van der Waals surface area contributed by atoms with E-state index in [0.717, 1.165) is 0 Å². The van der Waals surface area contributed by atoms with Crippen molar-refractivity contribution in [2.24, 2.45) is 5.14 Å². The standard InChI is InChI=1S/C17H18N2O5S/c1-19(2)16(20)15(12-6-4-3-5-7-12)24-17(21)13-8-10-14(11-9-13)25(18,22)23/h3-11,15H,1-2H3,(H2,18,22,23). The van der Waals surface area contributed by atoms with E-state index in [2.05, 4.69) is 0 Å². The minimum absolute atomic E-state index is 0.111. The summed E-state index contributed by atoms with van der Waals surface area (Å²) in [6.45, 7) is 0. The second-order valence-corrected chi connectivity index (χ2v) is 7.06. The van der Waals surface area contributed by atoms with Crippen molar-refractivity contribution in [3.63, 3.8) is 0 Å². The summed E-state index contributed by atoms with van der Waals surface area (Å²) in [6.07, 6.45) is -1.10. The highest BCUT2D eigenvalue weighted by Crippen LogP contribution is 2.21. The van der Waals surface area contributed by atoms with Crippen molar-refractivity contribution >= 4 is 21.9 Å². The summed E-state index contributed by atoms with van der Waals surface area (Å²) >= 11 is 0. The van der Waals surface area contributed by atoms with Crippen LogP contribution in [0.4, 0.5) is 0 Å². The summed E-state index contributed by atoms with van der Waals surface area (Å²) in [4.78, 5) is 25.9. The van der Waals surface area contributed by atoms with E-state index in [-0.39, 0.29) is 16.4 Å². The molecule has 1 atom stereocenters. The zero-order valence-electron chi connectivity index (χ0n) is 13.7. The molecule has 8 heteroatoms. The van der Waals surface area contributed by atoms with Crippen molar-refractivity contribution in [2.45, 2.75) is 11.0 Å². The number of nitrogens with zero attached hydrogens (tertiary/aromatic N) is 1. The Balaban J connectivity index is 2.26. The van der Waals surface area contributed by atoms with Gasteiger partial charge in [0.05, 0.1) is 10.5 Å². The number of hydrogen-bond acceptors (Lipinski definition) is 5. The maximum Gasteiger partial charge on any atom is 0.339 e. The lowest BCUT2D eigenvalue weighted by atomic mass is 10.1. The maximum atomic E-state index is 12.3. The molecule has 0 saturated heterocycles.